The van der Waals surface area contributed by atoms with E-state index >= 15 is 0 Å². The van der Waals surface area contributed by atoms with Crippen molar-refractivity contribution in [3.8, 4) is 0 Å². The minimum Gasteiger partial charge on any atom is -0.481 e. The Bertz CT molecular complexity index is 599. The second kappa shape index (κ2) is 5.22. The van der Waals surface area contributed by atoms with Crippen LogP contribution in [0.1, 0.15) is 13.8 Å². The molecule has 0 bridgehead atoms. The number of carbonyl (C=O) groups is 2. The number of carbonyl (C=O) groups excluding carboxylic acids is 1. The first-order valence-electron chi connectivity index (χ1n) is 6.66. The van der Waals surface area contributed by atoms with E-state index in [4.69, 9.17) is 16.7 Å². The number of nitrogens with zero attached hydrogens (tertiary/aromatic N) is 1. The molecule has 1 saturated carbocycles. The summed E-state index contributed by atoms with van der Waals surface area (Å²) in [5, 5.41) is 12.5. The predicted molar refractivity (Wildman–Crippen MR) is 82.8 cm³/mol. The molecule has 5 nitrogen and oxygen atoms in total. The smallest absolute Gasteiger partial charge is 0.307 e. The van der Waals surface area contributed by atoms with Gasteiger partial charge in [0.1, 0.15) is 0 Å². The van der Waals surface area contributed by atoms with Crippen LogP contribution in [-0.2, 0) is 9.59 Å². The van der Waals surface area contributed by atoms with Gasteiger partial charge in [0.25, 0.3) is 0 Å². The lowest BCUT2D eigenvalue weighted by molar-refractivity contribution is -0.140. The monoisotopic (exact) mass is 310 g/mol. The summed E-state index contributed by atoms with van der Waals surface area (Å²) in [7, 11) is 3.72. The number of nitrogens with one attached hydrogen (secondary N) is 1. The summed E-state index contributed by atoms with van der Waals surface area (Å²) in [6.07, 6.45) is 0. The highest BCUT2D eigenvalue weighted by atomic mass is 35.5. The largest absolute Gasteiger partial charge is 0.481 e. The van der Waals surface area contributed by atoms with Crippen LogP contribution in [0.15, 0.2) is 18.2 Å². The molecule has 2 N–H and O–H groups in total. The number of hydrogen-bond acceptors (Lipinski definition) is 3. The fourth-order valence-corrected chi connectivity index (χ4v) is 2.97. The maximum absolute atomic E-state index is 12.4. The van der Waals surface area contributed by atoms with Gasteiger partial charge in [-0.1, -0.05) is 25.4 Å². The highest BCUT2D eigenvalue weighted by molar-refractivity contribution is 6.31. The van der Waals surface area contributed by atoms with Crippen LogP contribution in [0, 0.1) is 17.3 Å². The fourth-order valence-electron chi connectivity index (χ4n) is 2.80. The van der Waals surface area contributed by atoms with Crippen molar-refractivity contribution in [2.24, 2.45) is 17.3 Å². The number of halogens is 1. The predicted octanol–water partition coefficient (Wildman–Crippen LogP) is 2.70. The van der Waals surface area contributed by atoms with E-state index in [1.807, 2.05) is 25.1 Å². The first kappa shape index (κ1) is 15.6. The van der Waals surface area contributed by atoms with Gasteiger partial charge >= 0.3 is 5.97 Å². The molecule has 1 amide bonds. The number of amides is 1. The van der Waals surface area contributed by atoms with Crippen LogP contribution in [0.2, 0.25) is 5.02 Å². The Morgan fingerprint density at radius 2 is 1.90 bits per heavy atom. The first-order chi connectivity index (χ1) is 9.66. The number of hydrogen-bond donors (Lipinski definition) is 2. The van der Waals surface area contributed by atoms with E-state index in [1.54, 1.807) is 26.0 Å². The summed E-state index contributed by atoms with van der Waals surface area (Å²) in [6.45, 7) is 3.59. The van der Waals surface area contributed by atoms with Gasteiger partial charge in [-0.3, -0.25) is 9.59 Å². The molecule has 2 unspecified atom stereocenters. The summed E-state index contributed by atoms with van der Waals surface area (Å²) in [5.41, 5.74) is 0.884. The molecule has 1 aliphatic carbocycles. The molecule has 0 radical (unpaired) electrons. The highest BCUT2D eigenvalue weighted by Crippen LogP contribution is 2.58. The van der Waals surface area contributed by atoms with Crippen molar-refractivity contribution >= 4 is 34.9 Å². The van der Waals surface area contributed by atoms with E-state index in [-0.39, 0.29) is 5.91 Å². The van der Waals surface area contributed by atoms with Crippen LogP contribution in [-0.4, -0.2) is 31.1 Å². The fraction of sp³-hybridized carbons (Fsp3) is 0.467. The van der Waals surface area contributed by atoms with E-state index in [1.165, 1.54) is 0 Å². The van der Waals surface area contributed by atoms with Crippen LogP contribution in [0.5, 0.6) is 0 Å². The van der Waals surface area contributed by atoms with Gasteiger partial charge in [0.15, 0.2) is 0 Å². The van der Waals surface area contributed by atoms with E-state index in [2.05, 4.69) is 5.32 Å². The Hall–Kier alpha value is -1.75. The molecule has 1 aromatic rings. The van der Waals surface area contributed by atoms with Crippen molar-refractivity contribution in [3.05, 3.63) is 23.2 Å². The summed E-state index contributed by atoms with van der Waals surface area (Å²) in [6, 6.07) is 5.22. The normalized spacial score (nSPS) is 22.5. The summed E-state index contributed by atoms with van der Waals surface area (Å²) >= 11 is 5.97. The molecule has 0 heterocycles. The minimum atomic E-state index is -0.931. The molecule has 0 saturated heterocycles. The Morgan fingerprint density at radius 1 is 1.29 bits per heavy atom. The van der Waals surface area contributed by atoms with Gasteiger partial charge in [0, 0.05) is 19.1 Å². The van der Waals surface area contributed by atoms with Gasteiger partial charge in [0.2, 0.25) is 5.91 Å². The van der Waals surface area contributed by atoms with Gasteiger partial charge in [-0.2, -0.15) is 0 Å². The van der Waals surface area contributed by atoms with E-state index in [0.717, 1.165) is 5.69 Å². The second-order valence-electron chi connectivity index (χ2n) is 6.16. The van der Waals surface area contributed by atoms with Gasteiger partial charge in [-0.25, -0.2) is 0 Å². The quantitative estimate of drug-likeness (QED) is 0.897. The van der Waals surface area contributed by atoms with Gasteiger partial charge in [-0.15, -0.1) is 0 Å². The highest BCUT2D eigenvalue weighted by Gasteiger charge is 2.65. The molecule has 0 aromatic heterocycles. The summed E-state index contributed by atoms with van der Waals surface area (Å²) < 4.78 is 0. The molecule has 1 aliphatic rings. The molecule has 2 atom stereocenters. The van der Waals surface area contributed by atoms with Crippen molar-refractivity contribution in [3.63, 3.8) is 0 Å². The molecule has 0 spiro atoms. The average Bonchev–Trinajstić information content (AvgIpc) is 2.92. The van der Waals surface area contributed by atoms with Crippen molar-refractivity contribution in [1.82, 2.24) is 0 Å². The molecule has 1 aromatic carbocycles. The minimum absolute atomic E-state index is 0.280. The molecule has 1 fully saturated rings. The van der Waals surface area contributed by atoms with Gasteiger partial charge in [0.05, 0.1) is 23.2 Å². The number of carboxylic acids is 1. The lowest BCUT2D eigenvalue weighted by Gasteiger charge is -2.18. The molecule has 2 rings (SSSR count). The second-order valence-corrected chi connectivity index (χ2v) is 6.60. The SMILES string of the molecule is CN(C)c1ccc(Cl)cc1NC(=O)C1C(C(=O)O)C1(C)C. The third kappa shape index (κ3) is 2.83. The third-order valence-electron chi connectivity index (χ3n) is 4.07. The number of rotatable bonds is 4. The average molecular weight is 311 g/mol. The van der Waals surface area contributed by atoms with Crippen LogP contribution in [0.25, 0.3) is 0 Å². The topological polar surface area (TPSA) is 69.6 Å². The molecular weight excluding hydrogens is 292 g/mol. The van der Waals surface area contributed by atoms with Crippen molar-refractivity contribution in [1.29, 1.82) is 0 Å². The Balaban J connectivity index is 2.22. The summed E-state index contributed by atoms with van der Waals surface area (Å²) in [4.78, 5) is 25.4. The Kier molecular flexibility index (Phi) is 3.89. The Labute approximate surface area is 128 Å². The lowest BCUT2D eigenvalue weighted by atomic mass is 10.1. The zero-order valence-electron chi connectivity index (χ0n) is 12.5. The molecule has 21 heavy (non-hydrogen) atoms. The maximum Gasteiger partial charge on any atom is 0.307 e. The van der Waals surface area contributed by atoms with Gasteiger partial charge in [-0.05, 0) is 23.6 Å². The number of carboxylic acid groups (broad SMARTS) is 1. The van der Waals surface area contributed by atoms with Crippen LogP contribution < -0.4 is 10.2 Å². The zero-order valence-corrected chi connectivity index (χ0v) is 13.2. The first-order valence-corrected chi connectivity index (χ1v) is 7.04. The van der Waals surface area contributed by atoms with Crippen LogP contribution >= 0.6 is 11.6 Å². The van der Waals surface area contributed by atoms with Crippen LogP contribution in [0.3, 0.4) is 0 Å². The van der Waals surface area contributed by atoms with E-state index in [9.17, 15) is 9.59 Å². The molecule has 6 heteroatoms. The van der Waals surface area contributed by atoms with Crippen LogP contribution in [0.4, 0.5) is 11.4 Å². The zero-order chi connectivity index (χ0) is 15.9. The maximum atomic E-state index is 12.4. The van der Waals surface area contributed by atoms with Gasteiger partial charge < -0.3 is 15.3 Å². The lowest BCUT2D eigenvalue weighted by Crippen LogP contribution is -2.20. The number of anilines is 2. The van der Waals surface area contributed by atoms with Crippen molar-refractivity contribution in [2.45, 2.75) is 13.8 Å². The van der Waals surface area contributed by atoms with Crippen molar-refractivity contribution in [2.75, 3.05) is 24.3 Å². The van der Waals surface area contributed by atoms with Crippen molar-refractivity contribution < 1.29 is 14.7 Å². The summed E-state index contributed by atoms with van der Waals surface area (Å²) in [5.74, 6) is -2.37. The number of aliphatic carboxylic acids is 1. The van der Waals surface area contributed by atoms with E-state index in [0.29, 0.717) is 10.7 Å². The number of benzene rings is 1. The Morgan fingerprint density at radius 3 is 2.38 bits per heavy atom. The third-order valence-corrected chi connectivity index (χ3v) is 4.31. The standard InChI is InChI=1S/C15H19ClN2O3/c1-15(2)11(12(15)14(20)21)13(19)17-9-7-8(16)5-6-10(9)18(3)4/h5-7,11-12H,1-4H3,(H,17,19)(H,20,21). The molecular formula is C15H19ClN2O3. The molecule has 0 aliphatic heterocycles. The molecule has 114 valence electrons. The van der Waals surface area contributed by atoms with E-state index < -0.39 is 23.2 Å².